The normalized spacial score (nSPS) is 13.1. The van der Waals surface area contributed by atoms with Gasteiger partial charge in [-0.15, -0.1) is 11.3 Å². The van der Waals surface area contributed by atoms with Crippen LogP contribution in [0.2, 0.25) is 0 Å². The summed E-state index contributed by atoms with van der Waals surface area (Å²) < 4.78 is 1.62. The van der Waals surface area contributed by atoms with E-state index in [1.807, 2.05) is 32.9 Å². The summed E-state index contributed by atoms with van der Waals surface area (Å²) in [6, 6.07) is 5.03. The lowest BCUT2D eigenvalue weighted by Gasteiger charge is -2.12. The summed E-state index contributed by atoms with van der Waals surface area (Å²) in [4.78, 5) is 44.5. The van der Waals surface area contributed by atoms with Crippen molar-refractivity contribution in [2.45, 2.75) is 58.2 Å². The van der Waals surface area contributed by atoms with E-state index in [9.17, 15) is 14.4 Å². The predicted molar refractivity (Wildman–Crippen MR) is 130 cm³/mol. The first-order valence-electron chi connectivity index (χ1n) is 10.7. The number of thiophene rings is 1. The number of aryl methyl sites for hydroxylation is 3. The number of carbonyl (C=O) groups excluding carboxylic acids is 2. The van der Waals surface area contributed by atoms with E-state index in [1.165, 1.54) is 16.6 Å². The number of fused-ring (bicyclic) bond motifs is 3. The van der Waals surface area contributed by atoms with Crippen LogP contribution in [-0.4, -0.2) is 27.2 Å². The maximum Gasteiger partial charge on any atom is 0.325 e. The number of carbonyl (C=O) groups is 2. The maximum absolute atomic E-state index is 13.2. The van der Waals surface area contributed by atoms with E-state index in [0.717, 1.165) is 52.6 Å². The highest BCUT2D eigenvalue weighted by Crippen LogP contribution is 2.34. The lowest BCUT2D eigenvalue weighted by atomic mass is 9.97. The third kappa shape index (κ3) is 4.45. The molecule has 9 heteroatoms. The minimum Gasteiger partial charge on any atom is -0.307 e. The number of urea groups is 1. The molecule has 0 saturated heterocycles. The summed E-state index contributed by atoms with van der Waals surface area (Å²) in [5.74, 6) is -0.455. The van der Waals surface area contributed by atoms with Gasteiger partial charge in [-0.05, 0) is 69.2 Å². The molecule has 0 spiro atoms. The van der Waals surface area contributed by atoms with Crippen LogP contribution in [0.3, 0.4) is 0 Å². The van der Waals surface area contributed by atoms with Crippen molar-refractivity contribution in [1.29, 1.82) is 0 Å². The summed E-state index contributed by atoms with van der Waals surface area (Å²) in [5, 5.41) is 6.32. The first kappa shape index (κ1) is 22.5. The van der Waals surface area contributed by atoms with Crippen molar-refractivity contribution in [2.75, 3.05) is 11.1 Å². The minimum atomic E-state index is -0.577. The molecule has 2 aromatic heterocycles. The zero-order valence-corrected chi connectivity index (χ0v) is 20.0. The Bertz CT molecular complexity index is 1260. The molecule has 3 aromatic rings. The molecule has 0 unspecified atom stereocenters. The Kier molecular flexibility index (Phi) is 6.66. The van der Waals surface area contributed by atoms with Crippen LogP contribution in [-0.2, 0) is 24.2 Å². The maximum atomic E-state index is 13.2. The second kappa shape index (κ2) is 9.46. The van der Waals surface area contributed by atoms with E-state index in [2.05, 4.69) is 10.6 Å². The highest BCUT2D eigenvalue weighted by atomic mass is 32.2. The molecule has 0 fully saturated rings. The molecule has 0 radical (unpaired) electrons. The molecule has 1 aromatic carbocycles. The molecule has 1 aliphatic carbocycles. The van der Waals surface area contributed by atoms with Gasteiger partial charge in [0.05, 0.1) is 11.1 Å². The van der Waals surface area contributed by atoms with Crippen molar-refractivity contribution in [3.63, 3.8) is 0 Å². The second-order valence-corrected chi connectivity index (χ2v) is 9.90. The van der Waals surface area contributed by atoms with E-state index in [1.54, 1.807) is 22.0 Å². The summed E-state index contributed by atoms with van der Waals surface area (Å²) in [7, 11) is 0. The zero-order chi connectivity index (χ0) is 22.8. The second-order valence-electron chi connectivity index (χ2n) is 7.87. The Hall–Kier alpha value is -2.65. The van der Waals surface area contributed by atoms with Gasteiger partial charge in [0.25, 0.3) is 5.56 Å². The number of hydrogen-bond donors (Lipinski definition) is 2. The summed E-state index contributed by atoms with van der Waals surface area (Å²) in [6.45, 7) is 6.25. The largest absolute Gasteiger partial charge is 0.325 e. The van der Waals surface area contributed by atoms with Crippen LogP contribution in [0.15, 0.2) is 28.2 Å². The third-order valence-electron chi connectivity index (χ3n) is 5.79. The Morgan fingerprint density at radius 2 is 2.00 bits per heavy atom. The fourth-order valence-corrected chi connectivity index (χ4v) is 6.11. The van der Waals surface area contributed by atoms with E-state index >= 15 is 0 Å². The molecule has 0 bridgehead atoms. The molecular formula is C23H26N4O3S2. The van der Waals surface area contributed by atoms with Gasteiger partial charge >= 0.3 is 6.03 Å². The van der Waals surface area contributed by atoms with E-state index in [4.69, 9.17) is 4.98 Å². The SMILES string of the molecule is CCn1c(SCC(=O)NC(=O)Nc2cccc(C)c2C)nc2sc3c(c2c1=O)CCCC3. The Balaban J connectivity index is 1.46. The number of benzene rings is 1. The molecule has 0 atom stereocenters. The molecular weight excluding hydrogens is 444 g/mol. The molecule has 1 aliphatic rings. The molecule has 3 amide bonds. The van der Waals surface area contributed by atoms with Crippen molar-refractivity contribution >= 4 is 50.9 Å². The lowest BCUT2D eigenvalue weighted by Crippen LogP contribution is -2.36. The number of amides is 3. The van der Waals surface area contributed by atoms with Crippen LogP contribution in [0.25, 0.3) is 10.2 Å². The van der Waals surface area contributed by atoms with Gasteiger partial charge in [0.2, 0.25) is 5.91 Å². The van der Waals surface area contributed by atoms with Crippen molar-refractivity contribution in [1.82, 2.24) is 14.9 Å². The number of hydrogen-bond acceptors (Lipinski definition) is 6. The summed E-state index contributed by atoms with van der Waals surface area (Å²) >= 11 is 2.77. The number of anilines is 1. The van der Waals surface area contributed by atoms with Gasteiger partial charge in [-0.1, -0.05) is 23.9 Å². The van der Waals surface area contributed by atoms with E-state index in [-0.39, 0.29) is 11.3 Å². The number of imide groups is 1. The summed E-state index contributed by atoms with van der Waals surface area (Å²) in [6.07, 6.45) is 4.18. The molecule has 0 saturated carbocycles. The lowest BCUT2D eigenvalue weighted by molar-refractivity contribution is -0.117. The van der Waals surface area contributed by atoms with Crippen LogP contribution in [0.1, 0.15) is 41.3 Å². The van der Waals surface area contributed by atoms with E-state index in [0.29, 0.717) is 17.4 Å². The van der Waals surface area contributed by atoms with Gasteiger partial charge < -0.3 is 5.32 Å². The highest BCUT2D eigenvalue weighted by molar-refractivity contribution is 7.99. The molecule has 2 N–H and O–H groups in total. The molecule has 2 heterocycles. The van der Waals surface area contributed by atoms with Crippen molar-refractivity contribution in [3.05, 3.63) is 50.1 Å². The Labute approximate surface area is 194 Å². The molecule has 0 aliphatic heterocycles. The van der Waals surface area contributed by atoms with Gasteiger partial charge in [0, 0.05) is 17.1 Å². The average Bonchev–Trinajstić information content (AvgIpc) is 3.14. The molecule has 168 valence electrons. The van der Waals surface area contributed by atoms with E-state index < -0.39 is 11.9 Å². The number of nitrogens with zero attached hydrogens (tertiary/aromatic N) is 2. The standard InChI is InChI=1S/C23H26N4O3S2/c1-4-27-21(29)19-15-9-5-6-11-17(15)32-20(19)26-23(27)31-12-18(28)25-22(30)24-16-10-7-8-13(2)14(16)3/h7-8,10H,4-6,9,11-12H2,1-3H3,(H2,24,25,28,30). The quantitative estimate of drug-likeness (QED) is 0.425. The Morgan fingerprint density at radius 3 is 2.78 bits per heavy atom. The molecule has 32 heavy (non-hydrogen) atoms. The Morgan fingerprint density at radius 1 is 1.22 bits per heavy atom. The van der Waals surface area contributed by atoms with Crippen LogP contribution >= 0.6 is 23.1 Å². The minimum absolute atomic E-state index is 0.0107. The van der Waals surface area contributed by atoms with Gasteiger partial charge in [0.1, 0.15) is 4.83 Å². The monoisotopic (exact) mass is 470 g/mol. The first-order chi connectivity index (χ1) is 15.4. The van der Waals surface area contributed by atoms with Gasteiger partial charge in [-0.2, -0.15) is 0 Å². The van der Waals surface area contributed by atoms with Gasteiger partial charge in [-0.25, -0.2) is 9.78 Å². The highest BCUT2D eigenvalue weighted by Gasteiger charge is 2.22. The fraction of sp³-hybridized carbons (Fsp3) is 0.391. The zero-order valence-electron chi connectivity index (χ0n) is 18.4. The van der Waals surface area contributed by atoms with Crippen LogP contribution in [0, 0.1) is 13.8 Å². The summed E-state index contributed by atoms with van der Waals surface area (Å²) in [5.41, 5.74) is 3.80. The average molecular weight is 471 g/mol. The number of nitrogens with one attached hydrogen (secondary N) is 2. The fourth-order valence-electron chi connectivity index (χ4n) is 3.94. The van der Waals surface area contributed by atoms with Crippen LogP contribution in [0.4, 0.5) is 10.5 Å². The van der Waals surface area contributed by atoms with Crippen molar-refractivity contribution < 1.29 is 9.59 Å². The van der Waals surface area contributed by atoms with Crippen molar-refractivity contribution in [3.8, 4) is 0 Å². The number of thioether (sulfide) groups is 1. The van der Waals surface area contributed by atoms with Crippen LogP contribution < -0.4 is 16.2 Å². The predicted octanol–water partition coefficient (Wildman–Crippen LogP) is 4.41. The van der Waals surface area contributed by atoms with Gasteiger partial charge in [-0.3, -0.25) is 19.5 Å². The van der Waals surface area contributed by atoms with Crippen LogP contribution in [0.5, 0.6) is 0 Å². The molecule has 4 rings (SSSR count). The number of rotatable bonds is 5. The number of aromatic nitrogens is 2. The first-order valence-corrected chi connectivity index (χ1v) is 12.5. The van der Waals surface area contributed by atoms with Crippen molar-refractivity contribution in [2.24, 2.45) is 0 Å². The smallest absolute Gasteiger partial charge is 0.307 e. The molecule has 7 nitrogen and oxygen atoms in total. The topological polar surface area (TPSA) is 93.1 Å². The van der Waals surface area contributed by atoms with Gasteiger partial charge in [0.15, 0.2) is 5.16 Å². The third-order valence-corrected chi connectivity index (χ3v) is 7.96.